The second-order valence-electron chi connectivity index (χ2n) is 2.68. The summed E-state index contributed by atoms with van der Waals surface area (Å²) >= 11 is 0. The fourth-order valence-corrected chi connectivity index (χ4v) is 1.62. The number of hydrogen-bond acceptors (Lipinski definition) is 4. The van der Waals surface area contributed by atoms with E-state index in [0.29, 0.717) is 5.16 Å². The van der Waals surface area contributed by atoms with Crippen molar-refractivity contribution in [3.8, 4) is 0 Å². The predicted octanol–water partition coefficient (Wildman–Crippen LogP) is -0.183. The molecule has 0 fully saturated rings. The van der Waals surface area contributed by atoms with Crippen LogP contribution in [0.1, 0.15) is 11.3 Å². The van der Waals surface area contributed by atoms with Gasteiger partial charge in [-0.15, -0.1) is 0 Å². The lowest BCUT2D eigenvalue weighted by molar-refractivity contribution is 0.678. The highest BCUT2D eigenvalue weighted by atomic mass is 32.2. The van der Waals surface area contributed by atoms with Gasteiger partial charge in [-0.1, -0.05) is 0 Å². The molecule has 1 aliphatic heterocycles. The summed E-state index contributed by atoms with van der Waals surface area (Å²) in [4.78, 5) is 8.18. The topological polar surface area (TPSA) is 54.9 Å². The van der Waals surface area contributed by atoms with E-state index >= 15 is 0 Å². The van der Waals surface area contributed by atoms with Crippen LogP contribution in [0.5, 0.6) is 0 Å². The lowest BCUT2D eigenvalue weighted by Crippen LogP contribution is -2.01. The first-order valence-corrected chi connectivity index (χ1v) is 5.22. The van der Waals surface area contributed by atoms with Gasteiger partial charge in [0, 0.05) is 31.1 Å². The minimum Gasteiger partial charge on any atom is -0.307 e. The SMILES string of the molecule is CS(=O)c1ncc2c(n1)CNC2. The zero-order valence-electron chi connectivity index (χ0n) is 6.70. The Morgan fingerprint density at radius 1 is 1.58 bits per heavy atom. The lowest BCUT2D eigenvalue weighted by atomic mass is 10.3. The highest BCUT2D eigenvalue weighted by Gasteiger charge is 2.13. The van der Waals surface area contributed by atoms with E-state index in [1.807, 2.05) is 0 Å². The standard InChI is InChI=1S/C7H9N3OS/c1-12(11)7-9-3-5-2-8-4-6(5)10-7/h3,8H,2,4H2,1H3. The van der Waals surface area contributed by atoms with Crippen molar-refractivity contribution in [1.29, 1.82) is 0 Å². The summed E-state index contributed by atoms with van der Waals surface area (Å²) in [6.45, 7) is 1.59. The van der Waals surface area contributed by atoms with E-state index in [0.717, 1.165) is 24.3 Å². The van der Waals surface area contributed by atoms with Crippen molar-refractivity contribution in [3.05, 3.63) is 17.5 Å². The van der Waals surface area contributed by atoms with Crippen molar-refractivity contribution in [1.82, 2.24) is 15.3 Å². The van der Waals surface area contributed by atoms with E-state index in [2.05, 4.69) is 15.3 Å². The molecule has 1 aliphatic rings. The van der Waals surface area contributed by atoms with Crippen LogP contribution in [0.15, 0.2) is 11.4 Å². The maximum absolute atomic E-state index is 11.0. The molecule has 2 heterocycles. The van der Waals surface area contributed by atoms with Gasteiger partial charge in [0.2, 0.25) is 5.16 Å². The van der Waals surface area contributed by atoms with Crippen molar-refractivity contribution >= 4 is 10.8 Å². The Hall–Kier alpha value is -0.810. The maximum Gasteiger partial charge on any atom is 0.218 e. The van der Waals surface area contributed by atoms with Crippen LogP contribution in [0, 0.1) is 0 Å². The van der Waals surface area contributed by atoms with Crippen molar-refractivity contribution in [2.24, 2.45) is 0 Å². The molecule has 0 bridgehead atoms. The molecule has 2 rings (SSSR count). The normalized spacial score (nSPS) is 17.4. The fraction of sp³-hybridized carbons (Fsp3) is 0.429. The Labute approximate surface area is 72.9 Å². The van der Waals surface area contributed by atoms with Gasteiger partial charge in [-0.05, 0) is 0 Å². The van der Waals surface area contributed by atoms with Gasteiger partial charge >= 0.3 is 0 Å². The summed E-state index contributed by atoms with van der Waals surface area (Å²) < 4.78 is 11.0. The van der Waals surface area contributed by atoms with Crippen molar-refractivity contribution in [2.45, 2.75) is 18.2 Å². The third-order valence-electron chi connectivity index (χ3n) is 1.80. The van der Waals surface area contributed by atoms with E-state index in [1.54, 1.807) is 12.5 Å². The van der Waals surface area contributed by atoms with Crippen molar-refractivity contribution in [2.75, 3.05) is 6.26 Å². The summed E-state index contributed by atoms with van der Waals surface area (Å²) in [7, 11) is -1.07. The Morgan fingerprint density at radius 3 is 3.17 bits per heavy atom. The molecule has 0 aromatic carbocycles. The Morgan fingerprint density at radius 2 is 2.42 bits per heavy atom. The van der Waals surface area contributed by atoms with Gasteiger partial charge in [-0.25, -0.2) is 9.97 Å². The molecule has 0 saturated heterocycles. The number of nitrogens with one attached hydrogen (secondary N) is 1. The summed E-state index contributed by atoms with van der Waals surface area (Å²) in [5, 5.41) is 3.58. The number of nitrogens with zero attached hydrogens (tertiary/aromatic N) is 2. The average molecular weight is 183 g/mol. The first-order chi connectivity index (χ1) is 5.77. The molecule has 0 spiro atoms. The maximum atomic E-state index is 11.0. The van der Waals surface area contributed by atoms with Gasteiger partial charge in [0.1, 0.15) is 0 Å². The minimum absolute atomic E-state index is 0.428. The quantitative estimate of drug-likeness (QED) is 0.613. The number of fused-ring (bicyclic) bond motifs is 1. The van der Waals surface area contributed by atoms with Crippen molar-refractivity contribution < 1.29 is 4.21 Å². The van der Waals surface area contributed by atoms with Crippen molar-refractivity contribution in [3.63, 3.8) is 0 Å². The van der Waals surface area contributed by atoms with Crippen LogP contribution in [0.4, 0.5) is 0 Å². The molecule has 0 saturated carbocycles. The smallest absolute Gasteiger partial charge is 0.218 e. The Balaban J connectivity index is 2.45. The molecule has 0 radical (unpaired) electrons. The molecule has 5 heteroatoms. The number of aromatic nitrogens is 2. The number of rotatable bonds is 1. The highest BCUT2D eigenvalue weighted by molar-refractivity contribution is 7.84. The van der Waals surface area contributed by atoms with Crippen LogP contribution in [0.2, 0.25) is 0 Å². The monoisotopic (exact) mass is 183 g/mol. The third-order valence-corrected chi connectivity index (χ3v) is 2.51. The molecule has 0 aliphatic carbocycles. The largest absolute Gasteiger partial charge is 0.307 e. The Kier molecular flexibility index (Phi) is 1.90. The molecule has 12 heavy (non-hydrogen) atoms. The van der Waals surface area contributed by atoms with Crippen LogP contribution in [-0.2, 0) is 23.9 Å². The molecule has 0 amide bonds. The first-order valence-electron chi connectivity index (χ1n) is 3.66. The molecule has 1 aromatic heterocycles. The third kappa shape index (κ3) is 1.25. The minimum atomic E-state index is -1.07. The van der Waals surface area contributed by atoms with E-state index in [1.165, 1.54) is 0 Å². The molecular formula is C7H9N3OS. The van der Waals surface area contributed by atoms with Crippen LogP contribution in [-0.4, -0.2) is 20.4 Å². The average Bonchev–Trinajstić information content (AvgIpc) is 2.49. The zero-order valence-corrected chi connectivity index (χ0v) is 7.52. The number of hydrogen-bond donors (Lipinski definition) is 1. The summed E-state index contributed by atoms with van der Waals surface area (Å²) in [6.07, 6.45) is 3.34. The molecule has 1 atom stereocenters. The van der Waals surface area contributed by atoms with E-state index in [4.69, 9.17) is 0 Å². The van der Waals surface area contributed by atoms with Gasteiger partial charge in [0.25, 0.3) is 0 Å². The zero-order chi connectivity index (χ0) is 8.55. The van der Waals surface area contributed by atoms with Crippen LogP contribution < -0.4 is 5.32 Å². The predicted molar refractivity (Wildman–Crippen MR) is 44.9 cm³/mol. The molecule has 1 unspecified atom stereocenters. The van der Waals surface area contributed by atoms with E-state index in [-0.39, 0.29) is 0 Å². The van der Waals surface area contributed by atoms with Crippen LogP contribution in [0.25, 0.3) is 0 Å². The van der Waals surface area contributed by atoms with E-state index in [9.17, 15) is 4.21 Å². The molecule has 4 nitrogen and oxygen atoms in total. The van der Waals surface area contributed by atoms with Gasteiger partial charge in [0.15, 0.2) is 0 Å². The highest BCUT2D eigenvalue weighted by Crippen LogP contribution is 2.11. The van der Waals surface area contributed by atoms with E-state index < -0.39 is 10.8 Å². The van der Waals surface area contributed by atoms with Gasteiger partial charge in [-0.3, -0.25) is 4.21 Å². The fourth-order valence-electron chi connectivity index (χ4n) is 1.18. The summed E-state index contributed by atoms with van der Waals surface area (Å²) in [5.41, 5.74) is 2.10. The summed E-state index contributed by atoms with van der Waals surface area (Å²) in [5.74, 6) is 0. The second-order valence-corrected chi connectivity index (χ2v) is 3.96. The molecule has 64 valence electrons. The van der Waals surface area contributed by atoms with Crippen LogP contribution in [0.3, 0.4) is 0 Å². The Bertz CT molecular complexity index is 339. The molecular weight excluding hydrogens is 174 g/mol. The van der Waals surface area contributed by atoms with Gasteiger partial charge < -0.3 is 5.32 Å². The second kappa shape index (κ2) is 2.91. The molecule has 1 N–H and O–H groups in total. The summed E-state index contributed by atoms with van der Waals surface area (Å²) in [6, 6.07) is 0. The molecule has 1 aromatic rings. The first kappa shape index (κ1) is 7.82. The van der Waals surface area contributed by atoms with Crippen LogP contribution >= 0.6 is 0 Å². The lowest BCUT2D eigenvalue weighted by Gasteiger charge is -1.97. The van der Waals surface area contributed by atoms with Gasteiger partial charge in [0.05, 0.1) is 16.5 Å². The van der Waals surface area contributed by atoms with Gasteiger partial charge in [-0.2, -0.15) is 0 Å².